The van der Waals surface area contributed by atoms with Crippen LogP contribution in [0.1, 0.15) is 74.7 Å². The fraction of sp³-hybridized carbons (Fsp3) is 0.743. The van der Waals surface area contributed by atoms with Gasteiger partial charge in [-0.25, -0.2) is 9.59 Å². The number of cyclic esters (lactones) is 1. The molecule has 274 valence electrons. The molecular formula is C35H53N3O11. The number of alkyl carbamates (subject to hydrolysis) is 1. The summed E-state index contributed by atoms with van der Waals surface area (Å²) >= 11 is 0. The lowest BCUT2D eigenvalue weighted by Crippen LogP contribution is -2.60. The third-order valence-electron chi connectivity index (χ3n) is 10.6. The number of rotatable bonds is 5. The lowest BCUT2D eigenvalue weighted by molar-refractivity contribution is -0.292. The first-order chi connectivity index (χ1) is 22.8. The summed E-state index contributed by atoms with van der Waals surface area (Å²) in [6.45, 7) is 13.1. The zero-order chi connectivity index (χ0) is 36.6. The summed E-state index contributed by atoms with van der Waals surface area (Å²) in [4.78, 5) is 70.2. The molecule has 1 aromatic heterocycles. The Bertz CT molecular complexity index is 1380. The minimum atomic E-state index is -1.69. The number of ketones is 2. The van der Waals surface area contributed by atoms with Crippen molar-refractivity contribution in [1.29, 1.82) is 0 Å². The van der Waals surface area contributed by atoms with E-state index in [2.05, 4.69) is 5.32 Å². The molecule has 2 N–H and O–H groups in total. The first kappa shape index (κ1) is 38.5. The monoisotopic (exact) mass is 691 g/mol. The molecule has 0 aromatic carbocycles. The number of fused-ring (bicyclic) bond motifs is 1. The van der Waals surface area contributed by atoms with Crippen molar-refractivity contribution >= 4 is 29.7 Å². The molecule has 0 saturated carbocycles. The molecule has 14 heteroatoms. The van der Waals surface area contributed by atoms with Gasteiger partial charge in [-0.05, 0) is 73.2 Å². The van der Waals surface area contributed by atoms with E-state index in [-0.39, 0.29) is 30.8 Å². The Morgan fingerprint density at radius 2 is 1.67 bits per heavy atom. The quantitative estimate of drug-likeness (QED) is 0.263. The molecule has 3 aliphatic heterocycles. The Hall–Kier alpha value is -3.33. The van der Waals surface area contributed by atoms with E-state index in [4.69, 9.17) is 23.7 Å². The summed E-state index contributed by atoms with van der Waals surface area (Å²) in [6, 6.07) is 2.06. The van der Waals surface area contributed by atoms with Gasteiger partial charge < -0.3 is 39.0 Å². The number of esters is 1. The number of ether oxygens (including phenoxy) is 5. The van der Waals surface area contributed by atoms with Crippen LogP contribution in [0.25, 0.3) is 0 Å². The average molecular weight is 692 g/mol. The molecule has 3 saturated heterocycles. The van der Waals surface area contributed by atoms with E-state index >= 15 is 0 Å². The topological polar surface area (TPSA) is 172 Å². The standard InChI is InChI=1S/C35H53N3O11/c1-11-24-35(8)28(36-32(43)48-35)20(4)25(39)18(2)17-34(7,49-33(44)38-14-12-13-15-38)29(21(5)26(40)22(6)30(42)46-24)47-31-27(41)23(37(9)10)16-19(3)45-31/h12-15,18-24,27-29,31,41H,11,16-17H2,1-10H3,(H,36,43)/t18-,19-,20+,21+,22-,23+,24-,27-,28+,29-,31+,34-,35-/m1/s1. The zero-order valence-electron chi connectivity index (χ0n) is 30.2. The summed E-state index contributed by atoms with van der Waals surface area (Å²) in [5.74, 6) is -5.79. The number of nitrogens with zero attached hydrogens (tertiary/aromatic N) is 2. The lowest BCUT2D eigenvalue weighted by Gasteiger charge is -2.47. The summed E-state index contributed by atoms with van der Waals surface area (Å²) in [7, 11) is 3.65. The number of carbonyl (C=O) groups excluding carboxylic acids is 5. The minimum Gasteiger partial charge on any atom is -0.458 e. The van der Waals surface area contributed by atoms with Crippen LogP contribution in [0.3, 0.4) is 0 Å². The van der Waals surface area contributed by atoms with E-state index in [1.54, 1.807) is 53.7 Å². The highest BCUT2D eigenvalue weighted by Crippen LogP contribution is 2.40. The number of nitrogens with one attached hydrogen (secondary N) is 1. The molecule has 3 aliphatic rings. The van der Waals surface area contributed by atoms with E-state index in [9.17, 15) is 29.1 Å². The second kappa shape index (κ2) is 14.9. The number of carbonyl (C=O) groups is 5. The Morgan fingerprint density at radius 1 is 1.04 bits per heavy atom. The third-order valence-corrected chi connectivity index (χ3v) is 10.6. The molecule has 4 rings (SSSR count). The van der Waals surface area contributed by atoms with Crippen molar-refractivity contribution in [3.05, 3.63) is 24.5 Å². The number of hydrogen-bond acceptors (Lipinski definition) is 12. The molecule has 3 fully saturated rings. The van der Waals surface area contributed by atoms with E-state index in [1.807, 2.05) is 25.9 Å². The molecule has 0 unspecified atom stereocenters. The molecule has 0 bridgehead atoms. The fourth-order valence-electron chi connectivity index (χ4n) is 7.79. The molecule has 0 aliphatic carbocycles. The van der Waals surface area contributed by atoms with E-state index in [0.29, 0.717) is 6.42 Å². The fourth-order valence-corrected chi connectivity index (χ4v) is 7.79. The Balaban J connectivity index is 1.85. The van der Waals surface area contributed by atoms with Crippen LogP contribution in [0.2, 0.25) is 0 Å². The second-order valence-electron chi connectivity index (χ2n) is 14.6. The minimum absolute atomic E-state index is 0.116. The number of aromatic nitrogens is 1. The van der Waals surface area contributed by atoms with Crippen LogP contribution in [0.5, 0.6) is 0 Å². The molecule has 1 amide bonds. The highest BCUT2D eigenvalue weighted by atomic mass is 16.7. The van der Waals surface area contributed by atoms with E-state index in [1.165, 1.54) is 23.9 Å². The largest absolute Gasteiger partial charge is 0.458 e. The highest BCUT2D eigenvalue weighted by molar-refractivity contribution is 6.00. The third kappa shape index (κ3) is 7.72. The molecule has 0 radical (unpaired) electrons. The van der Waals surface area contributed by atoms with Gasteiger partial charge in [0.15, 0.2) is 17.7 Å². The molecule has 1 aromatic rings. The van der Waals surface area contributed by atoms with E-state index in [0.717, 1.165) is 0 Å². The van der Waals surface area contributed by atoms with Gasteiger partial charge in [-0.1, -0.05) is 27.7 Å². The second-order valence-corrected chi connectivity index (χ2v) is 14.6. The Morgan fingerprint density at radius 3 is 2.27 bits per heavy atom. The first-order valence-corrected chi connectivity index (χ1v) is 17.1. The van der Waals surface area contributed by atoms with Gasteiger partial charge in [0.1, 0.15) is 35.6 Å². The van der Waals surface area contributed by atoms with Crippen LogP contribution in [-0.2, 0) is 38.1 Å². The SMILES string of the molecule is CC[C@H]1OC(=O)[C@H](C)C(=O)[C@H](C)[C@@H](O[C@@H]2O[C@H](C)C[C@H](N(C)C)[C@H]2O)[C@](C)(OC(=O)n2cccc2)C[C@@H](C)C(=O)[C@H](C)[C@@H]2NC(=O)O[C@]12C. The maximum absolute atomic E-state index is 14.2. The van der Waals surface area contributed by atoms with Gasteiger partial charge in [-0.2, -0.15) is 0 Å². The molecule has 49 heavy (non-hydrogen) atoms. The van der Waals surface area contributed by atoms with Gasteiger partial charge in [-0.3, -0.25) is 19.0 Å². The Kier molecular flexibility index (Phi) is 11.7. The predicted octanol–water partition coefficient (Wildman–Crippen LogP) is 3.32. The van der Waals surface area contributed by atoms with Gasteiger partial charge in [0, 0.05) is 36.2 Å². The van der Waals surface area contributed by atoms with Crippen molar-refractivity contribution in [2.45, 2.75) is 129 Å². The molecular weight excluding hydrogens is 638 g/mol. The maximum Gasteiger partial charge on any atom is 0.418 e. The summed E-state index contributed by atoms with van der Waals surface area (Å²) in [5.41, 5.74) is -3.11. The van der Waals surface area contributed by atoms with Gasteiger partial charge in [0.05, 0.1) is 12.1 Å². The number of likely N-dealkylation sites (N-methyl/N-ethyl adjacent to an activating group) is 1. The highest BCUT2D eigenvalue weighted by Gasteiger charge is 2.57. The zero-order valence-corrected chi connectivity index (χ0v) is 30.2. The van der Waals surface area contributed by atoms with Crippen molar-refractivity contribution in [2.24, 2.45) is 23.7 Å². The summed E-state index contributed by atoms with van der Waals surface area (Å²) in [5, 5.41) is 14.2. The van der Waals surface area contributed by atoms with E-state index < -0.39 is 89.5 Å². The number of Topliss-reactive ketones (excluding diaryl/α,β-unsaturated/α-hetero) is 2. The van der Waals surface area contributed by atoms with Gasteiger partial charge in [0.2, 0.25) is 0 Å². The van der Waals surface area contributed by atoms with Crippen molar-refractivity contribution in [3.63, 3.8) is 0 Å². The van der Waals surface area contributed by atoms with Crippen LogP contribution >= 0.6 is 0 Å². The van der Waals surface area contributed by atoms with Crippen molar-refractivity contribution in [2.75, 3.05) is 14.1 Å². The number of amides is 1. The van der Waals surface area contributed by atoms with Crippen LogP contribution in [0.15, 0.2) is 24.5 Å². The smallest absolute Gasteiger partial charge is 0.418 e. The molecule has 13 atom stereocenters. The number of hydrogen-bond donors (Lipinski definition) is 2. The molecule has 14 nitrogen and oxygen atoms in total. The lowest BCUT2D eigenvalue weighted by atomic mass is 9.73. The van der Waals surface area contributed by atoms with Crippen LogP contribution in [-0.4, -0.2) is 112 Å². The van der Waals surface area contributed by atoms with Crippen molar-refractivity contribution in [1.82, 2.24) is 14.8 Å². The summed E-state index contributed by atoms with van der Waals surface area (Å²) in [6.07, 6.45) is -2.93. The molecule has 0 spiro atoms. The predicted molar refractivity (Wildman–Crippen MR) is 175 cm³/mol. The molecule has 4 heterocycles. The van der Waals surface area contributed by atoms with Crippen LogP contribution in [0.4, 0.5) is 9.59 Å². The van der Waals surface area contributed by atoms with Gasteiger partial charge in [-0.15, -0.1) is 0 Å². The normalized spacial score (nSPS) is 40.9. The van der Waals surface area contributed by atoms with Crippen LogP contribution < -0.4 is 5.32 Å². The van der Waals surface area contributed by atoms with Crippen LogP contribution in [0, 0.1) is 23.7 Å². The number of aliphatic hydroxyl groups is 1. The van der Waals surface area contributed by atoms with Crippen molar-refractivity contribution in [3.8, 4) is 0 Å². The Labute approximate surface area is 288 Å². The summed E-state index contributed by atoms with van der Waals surface area (Å²) < 4.78 is 31.6. The first-order valence-electron chi connectivity index (χ1n) is 17.1. The van der Waals surface area contributed by atoms with Gasteiger partial charge >= 0.3 is 18.2 Å². The number of aliphatic hydroxyl groups excluding tert-OH is 1. The van der Waals surface area contributed by atoms with Gasteiger partial charge in [0.25, 0.3) is 0 Å². The maximum atomic E-state index is 14.2. The van der Waals surface area contributed by atoms with Crippen molar-refractivity contribution < 1.29 is 52.8 Å². The average Bonchev–Trinajstić information content (AvgIpc) is 3.69.